The van der Waals surface area contributed by atoms with Crippen LogP contribution < -0.4 is 15.4 Å². The van der Waals surface area contributed by atoms with E-state index < -0.39 is 18.0 Å². The van der Waals surface area contributed by atoms with Crippen molar-refractivity contribution in [3.8, 4) is 5.75 Å². The van der Waals surface area contributed by atoms with Gasteiger partial charge in [-0.3, -0.25) is 14.4 Å². The molecule has 2 rings (SSSR count). The Bertz CT molecular complexity index is 867. The van der Waals surface area contributed by atoms with Crippen molar-refractivity contribution in [2.75, 3.05) is 17.7 Å². The number of hydrogen-bond acceptors (Lipinski definition) is 5. The van der Waals surface area contributed by atoms with Gasteiger partial charge in [0.05, 0.1) is 18.6 Å². The van der Waals surface area contributed by atoms with Gasteiger partial charge in [-0.15, -0.1) is 0 Å². The third kappa shape index (κ3) is 6.28. The topological polar surface area (TPSA) is 93.7 Å². The normalized spacial score (nSPS) is 11.3. The SMILES string of the molecule is COc1ccc(NC(=O)[C@H](C)OC(=O)Cc2ccc(NC(C)=O)cc2)cc1Cl. The fourth-order valence-corrected chi connectivity index (χ4v) is 2.61. The van der Waals surface area contributed by atoms with Gasteiger partial charge in [-0.25, -0.2) is 0 Å². The minimum absolute atomic E-state index is 0.00629. The maximum absolute atomic E-state index is 12.2. The highest BCUT2D eigenvalue weighted by atomic mass is 35.5. The van der Waals surface area contributed by atoms with E-state index in [9.17, 15) is 14.4 Å². The molecule has 2 aromatic carbocycles. The van der Waals surface area contributed by atoms with Crippen molar-refractivity contribution in [3.05, 3.63) is 53.1 Å². The van der Waals surface area contributed by atoms with Crippen LogP contribution in [0.15, 0.2) is 42.5 Å². The fraction of sp³-hybridized carbons (Fsp3) is 0.250. The van der Waals surface area contributed by atoms with Crippen LogP contribution >= 0.6 is 11.6 Å². The first-order valence-corrected chi connectivity index (χ1v) is 8.86. The fourth-order valence-electron chi connectivity index (χ4n) is 2.36. The van der Waals surface area contributed by atoms with E-state index >= 15 is 0 Å². The molecule has 8 heteroatoms. The van der Waals surface area contributed by atoms with Crippen LogP contribution in [0.2, 0.25) is 5.02 Å². The molecule has 0 spiro atoms. The monoisotopic (exact) mass is 404 g/mol. The quantitative estimate of drug-likeness (QED) is 0.689. The molecule has 0 saturated heterocycles. The third-order valence-electron chi connectivity index (χ3n) is 3.72. The van der Waals surface area contributed by atoms with Gasteiger partial charge >= 0.3 is 5.97 Å². The molecular formula is C20H21ClN2O5. The summed E-state index contributed by atoms with van der Waals surface area (Å²) in [6.45, 7) is 2.90. The van der Waals surface area contributed by atoms with Gasteiger partial charge in [0.1, 0.15) is 5.75 Å². The second-order valence-electron chi connectivity index (χ2n) is 6.03. The Balaban J connectivity index is 1.88. The van der Waals surface area contributed by atoms with Gasteiger partial charge in [-0.1, -0.05) is 23.7 Å². The summed E-state index contributed by atoms with van der Waals surface area (Å²) in [5.41, 5.74) is 1.80. The van der Waals surface area contributed by atoms with Crippen molar-refractivity contribution in [1.29, 1.82) is 0 Å². The van der Waals surface area contributed by atoms with Crippen LogP contribution in [0.25, 0.3) is 0 Å². The number of halogens is 1. The lowest BCUT2D eigenvalue weighted by Crippen LogP contribution is -2.30. The van der Waals surface area contributed by atoms with E-state index in [1.165, 1.54) is 21.0 Å². The summed E-state index contributed by atoms with van der Waals surface area (Å²) < 4.78 is 10.2. The molecule has 0 aromatic heterocycles. The van der Waals surface area contributed by atoms with Gasteiger partial charge < -0.3 is 20.1 Å². The number of rotatable bonds is 7. The molecule has 2 amide bonds. The van der Waals surface area contributed by atoms with Crippen LogP contribution in [-0.2, 0) is 25.5 Å². The predicted molar refractivity (Wildman–Crippen MR) is 107 cm³/mol. The average molecular weight is 405 g/mol. The number of methoxy groups -OCH3 is 1. The third-order valence-corrected chi connectivity index (χ3v) is 4.01. The van der Waals surface area contributed by atoms with Crippen molar-refractivity contribution < 1.29 is 23.9 Å². The lowest BCUT2D eigenvalue weighted by molar-refractivity contribution is -0.152. The maximum atomic E-state index is 12.2. The number of hydrogen-bond donors (Lipinski definition) is 2. The van der Waals surface area contributed by atoms with Gasteiger partial charge in [0.25, 0.3) is 5.91 Å². The zero-order chi connectivity index (χ0) is 20.7. The highest BCUT2D eigenvalue weighted by molar-refractivity contribution is 6.32. The van der Waals surface area contributed by atoms with Gasteiger partial charge in [0.15, 0.2) is 6.10 Å². The Morgan fingerprint density at radius 2 is 1.68 bits per heavy atom. The van der Waals surface area contributed by atoms with E-state index in [1.54, 1.807) is 42.5 Å². The maximum Gasteiger partial charge on any atom is 0.311 e. The second-order valence-corrected chi connectivity index (χ2v) is 6.43. The minimum atomic E-state index is -0.980. The second kappa shape index (κ2) is 9.75. The molecule has 0 aliphatic heterocycles. The van der Waals surface area contributed by atoms with Crippen LogP contribution in [0.5, 0.6) is 5.75 Å². The summed E-state index contributed by atoms with van der Waals surface area (Å²) in [6, 6.07) is 11.6. The van der Waals surface area contributed by atoms with Crippen molar-refractivity contribution in [2.24, 2.45) is 0 Å². The van der Waals surface area contributed by atoms with E-state index in [4.69, 9.17) is 21.1 Å². The molecule has 2 N–H and O–H groups in total. The molecule has 2 aromatic rings. The molecule has 28 heavy (non-hydrogen) atoms. The smallest absolute Gasteiger partial charge is 0.311 e. The first-order chi connectivity index (χ1) is 13.3. The lowest BCUT2D eigenvalue weighted by atomic mass is 10.1. The summed E-state index contributed by atoms with van der Waals surface area (Å²) in [4.78, 5) is 35.3. The molecule has 0 aliphatic carbocycles. The van der Waals surface area contributed by atoms with E-state index in [0.29, 0.717) is 27.7 Å². The summed E-state index contributed by atoms with van der Waals surface area (Å²) in [6.07, 6.45) is -0.973. The molecular weight excluding hydrogens is 384 g/mol. The van der Waals surface area contributed by atoms with Crippen LogP contribution in [0, 0.1) is 0 Å². The number of carbonyl (C=O) groups is 3. The first kappa shape index (κ1) is 21.2. The van der Waals surface area contributed by atoms with Crippen molar-refractivity contribution in [2.45, 2.75) is 26.4 Å². The Kier molecular flexibility index (Phi) is 7.40. The highest BCUT2D eigenvalue weighted by Gasteiger charge is 2.18. The van der Waals surface area contributed by atoms with Crippen LogP contribution in [0.4, 0.5) is 11.4 Å². The summed E-state index contributed by atoms with van der Waals surface area (Å²) in [7, 11) is 1.49. The molecule has 0 aliphatic rings. The van der Waals surface area contributed by atoms with E-state index in [0.717, 1.165) is 0 Å². The molecule has 0 fully saturated rings. The van der Waals surface area contributed by atoms with Crippen molar-refractivity contribution in [1.82, 2.24) is 0 Å². The number of carbonyl (C=O) groups excluding carboxylic acids is 3. The number of benzene rings is 2. The van der Waals surface area contributed by atoms with E-state index in [-0.39, 0.29) is 12.3 Å². The summed E-state index contributed by atoms with van der Waals surface area (Å²) in [5, 5.41) is 5.63. The van der Waals surface area contributed by atoms with Crippen LogP contribution in [0.3, 0.4) is 0 Å². The Labute approximate surface area is 168 Å². The van der Waals surface area contributed by atoms with Gasteiger partial charge in [-0.2, -0.15) is 0 Å². The van der Waals surface area contributed by atoms with Crippen LogP contribution in [-0.4, -0.2) is 31.0 Å². The first-order valence-electron chi connectivity index (χ1n) is 8.49. The molecule has 148 valence electrons. The molecule has 0 unspecified atom stereocenters. The Morgan fingerprint density at radius 3 is 2.25 bits per heavy atom. The predicted octanol–water partition coefficient (Wildman–Crippen LogP) is 3.42. The number of ether oxygens (including phenoxy) is 2. The zero-order valence-electron chi connectivity index (χ0n) is 15.7. The summed E-state index contributed by atoms with van der Waals surface area (Å²) >= 11 is 6.02. The minimum Gasteiger partial charge on any atom is -0.495 e. The summed E-state index contributed by atoms with van der Waals surface area (Å²) in [5.74, 6) is -0.702. The largest absolute Gasteiger partial charge is 0.495 e. The molecule has 1 atom stereocenters. The van der Waals surface area contributed by atoms with Crippen molar-refractivity contribution >= 4 is 40.8 Å². The Morgan fingerprint density at radius 1 is 1.04 bits per heavy atom. The van der Waals surface area contributed by atoms with Gasteiger partial charge in [0, 0.05) is 18.3 Å². The van der Waals surface area contributed by atoms with Gasteiger partial charge in [-0.05, 0) is 42.8 Å². The standard InChI is InChI=1S/C20H21ClN2O5/c1-12(20(26)23-16-8-9-18(27-3)17(21)11-16)28-19(25)10-14-4-6-15(7-5-14)22-13(2)24/h4-9,11-12H,10H2,1-3H3,(H,22,24)(H,23,26)/t12-/m0/s1. The zero-order valence-corrected chi connectivity index (χ0v) is 16.5. The van der Waals surface area contributed by atoms with Gasteiger partial charge in [0.2, 0.25) is 5.91 Å². The average Bonchev–Trinajstić information content (AvgIpc) is 2.63. The highest BCUT2D eigenvalue weighted by Crippen LogP contribution is 2.27. The van der Waals surface area contributed by atoms with Crippen LogP contribution in [0.1, 0.15) is 19.4 Å². The van der Waals surface area contributed by atoms with E-state index in [1.807, 2.05) is 0 Å². The Hall–Kier alpha value is -3.06. The number of nitrogens with one attached hydrogen (secondary N) is 2. The number of anilines is 2. The molecule has 0 saturated carbocycles. The molecule has 0 radical (unpaired) electrons. The number of amides is 2. The van der Waals surface area contributed by atoms with E-state index in [2.05, 4.69) is 10.6 Å². The van der Waals surface area contributed by atoms with Crippen molar-refractivity contribution in [3.63, 3.8) is 0 Å². The lowest BCUT2D eigenvalue weighted by Gasteiger charge is -2.14. The molecule has 7 nitrogen and oxygen atoms in total. The molecule has 0 heterocycles. The number of esters is 1. The molecule has 0 bridgehead atoms.